The van der Waals surface area contributed by atoms with Crippen LogP contribution in [0.3, 0.4) is 0 Å². The number of nitrogens with zero attached hydrogens (tertiary/aromatic N) is 1. The number of Topliss-reactive ketones (excluding diaryl/α,β-unsaturated/α-hetero) is 1. The lowest BCUT2D eigenvalue weighted by atomic mass is 9.99. The van der Waals surface area contributed by atoms with E-state index in [9.17, 15) is 4.79 Å². The number of hydrogen-bond donors (Lipinski definition) is 1. The Bertz CT molecular complexity index is 922. The maximum absolute atomic E-state index is 12.6. The lowest BCUT2D eigenvalue weighted by molar-refractivity contribution is -0.118. The SMILES string of the molecule is CC(C)CCCC(=O)Cc1sc2c(c1-c1nc3ccccc3s1)CCNC2. The van der Waals surface area contributed by atoms with Crippen molar-refractivity contribution in [2.24, 2.45) is 5.92 Å². The van der Waals surface area contributed by atoms with Gasteiger partial charge in [-0.05, 0) is 43.0 Å². The Labute approximate surface area is 168 Å². The molecule has 0 saturated heterocycles. The summed E-state index contributed by atoms with van der Waals surface area (Å²) in [7, 11) is 0. The van der Waals surface area contributed by atoms with E-state index in [4.69, 9.17) is 4.98 Å². The molecule has 5 heteroatoms. The van der Waals surface area contributed by atoms with Crippen LogP contribution in [-0.4, -0.2) is 17.3 Å². The quantitative estimate of drug-likeness (QED) is 0.562. The van der Waals surface area contributed by atoms with E-state index in [0.29, 0.717) is 24.5 Å². The van der Waals surface area contributed by atoms with Gasteiger partial charge in [0, 0.05) is 34.7 Å². The van der Waals surface area contributed by atoms with Gasteiger partial charge in [-0.15, -0.1) is 22.7 Å². The third kappa shape index (κ3) is 4.15. The molecule has 0 bridgehead atoms. The average molecular weight is 399 g/mol. The fourth-order valence-electron chi connectivity index (χ4n) is 3.72. The number of carbonyl (C=O) groups is 1. The summed E-state index contributed by atoms with van der Waals surface area (Å²) in [5.41, 5.74) is 3.73. The Hall–Kier alpha value is -1.56. The van der Waals surface area contributed by atoms with E-state index in [1.165, 1.54) is 25.6 Å². The third-order valence-corrected chi connectivity index (χ3v) is 7.39. The second-order valence-electron chi connectivity index (χ2n) is 7.72. The summed E-state index contributed by atoms with van der Waals surface area (Å²) in [6, 6.07) is 8.31. The summed E-state index contributed by atoms with van der Waals surface area (Å²) in [4.78, 5) is 20.2. The molecule has 27 heavy (non-hydrogen) atoms. The van der Waals surface area contributed by atoms with Crippen LogP contribution < -0.4 is 5.32 Å². The van der Waals surface area contributed by atoms with Gasteiger partial charge in [0.05, 0.1) is 10.2 Å². The molecule has 0 radical (unpaired) electrons. The van der Waals surface area contributed by atoms with Crippen LogP contribution in [0.5, 0.6) is 0 Å². The van der Waals surface area contributed by atoms with Crippen molar-refractivity contribution in [3.8, 4) is 10.6 Å². The summed E-state index contributed by atoms with van der Waals surface area (Å²) in [5, 5.41) is 4.55. The number of carbonyl (C=O) groups excluding carboxylic acids is 1. The minimum absolute atomic E-state index is 0.365. The molecule has 4 rings (SSSR count). The van der Waals surface area contributed by atoms with Gasteiger partial charge in [0.1, 0.15) is 10.8 Å². The molecule has 0 saturated carbocycles. The highest BCUT2D eigenvalue weighted by atomic mass is 32.1. The van der Waals surface area contributed by atoms with Gasteiger partial charge >= 0.3 is 0 Å². The van der Waals surface area contributed by atoms with E-state index in [-0.39, 0.29) is 0 Å². The number of benzene rings is 1. The van der Waals surface area contributed by atoms with Crippen LogP contribution in [0.15, 0.2) is 24.3 Å². The monoisotopic (exact) mass is 398 g/mol. The van der Waals surface area contributed by atoms with Crippen molar-refractivity contribution in [2.75, 3.05) is 6.54 Å². The number of rotatable bonds is 7. The van der Waals surface area contributed by atoms with Crippen LogP contribution >= 0.6 is 22.7 Å². The molecule has 2 aromatic heterocycles. The lowest BCUT2D eigenvalue weighted by Gasteiger charge is -2.13. The predicted octanol–water partition coefficient (Wildman–Crippen LogP) is 5.61. The topological polar surface area (TPSA) is 42.0 Å². The Morgan fingerprint density at radius 1 is 1.26 bits per heavy atom. The lowest BCUT2D eigenvalue weighted by Crippen LogP contribution is -2.22. The van der Waals surface area contributed by atoms with Crippen molar-refractivity contribution in [2.45, 2.75) is 52.5 Å². The highest BCUT2D eigenvalue weighted by molar-refractivity contribution is 7.22. The van der Waals surface area contributed by atoms with Gasteiger partial charge in [0.25, 0.3) is 0 Å². The van der Waals surface area contributed by atoms with Crippen molar-refractivity contribution in [3.63, 3.8) is 0 Å². The summed E-state index contributed by atoms with van der Waals surface area (Å²) >= 11 is 3.57. The zero-order valence-corrected chi connectivity index (χ0v) is 17.6. The number of fused-ring (bicyclic) bond motifs is 2. The van der Waals surface area contributed by atoms with Crippen LogP contribution in [0.1, 0.15) is 48.4 Å². The minimum atomic E-state index is 0.365. The third-order valence-electron chi connectivity index (χ3n) is 5.10. The molecule has 0 fully saturated rings. The first-order chi connectivity index (χ1) is 13.1. The largest absolute Gasteiger partial charge is 0.312 e. The van der Waals surface area contributed by atoms with E-state index >= 15 is 0 Å². The molecule has 1 aliphatic heterocycles. The van der Waals surface area contributed by atoms with E-state index in [2.05, 4.69) is 37.4 Å². The molecular weight excluding hydrogens is 372 g/mol. The van der Waals surface area contributed by atoms with Crippen molar-refractivity contribution in [1.82, 2.24) is 10.3 Å². The van der Waals surface area contributed by atoms with E-state index in [1.807, 2.05) is 17.4 Å². The van der Waals surface area contributed by atoms with Gasteiger partial charge in [-0.25, -0.2) is 4.98 Å². The molecule has 0 unspecified atom stereocenters. The number of thiophene rings is 1. The highest BCUT2D eigenvalue weighted by Gasteiger charge is 2.24. The summed E-state index contributed by atoms with van der Waals surface area (Å²) in [5.74, 6) is 1.03. The van der Waals surface area contributed by atoms with Crippen LogP contribution in [0.25, 0.3) is 20.8 Å². The number of nitrogens with one attached hydrogen (secondary N) is 1. The Morgan fingerprint density at radius 2 is 2.11 bits per heavy atom. The van der Waals surface area contributed by atoms with Crippen LogP contribution in [0.2, 0.25) is 0 Å². The normalized spacial score (nSPS) is 14.0. The Balaban J connectivity index is 1.65. The van der Waals surface area contributed by atoms with Crippen LogP contribution in [-0.2, 0) is 24.2 Å². The van der Waals surface area contributed by atoms with E-state index in [1.54, 1.807) is 11.3 Å². The molecule has 3 nitrogen and oxygen atoms in total. The molecule has 1 aromatic carbocycles. The van der Waals surface area contributed by atoms with Crippen LogP contribution in [0, 0.1) is 5.92 Å². The molecular formula is C22H26N2OS2. The Kier molecular flexibility index (Phi) is 5.71. The zero-order valence-electron chi connectivity index (χ0n) is 16.0. The maximum atomic E-state index is 12.6. The second kappa shape index (κ2) is 8.21. The van der Waals surface area contributed by atoms with Gasteiger partial charge in [-0.2, -0.15) is 0 Å². The molecule has 0 aliphatic carbocycles. The van der Waals surface area contributed by atoms with Crippen molar-refractivity contribution in [3.05, 3.63) is 39.6 Å². The first kappa shape index (κ1) is 18.8. The van der Waals surface area contributed by atoms with Gasteiger partial charge in [-0.1, -0.05) is 32.4 Å². The molecule has 1 N–H and O–H groups in total. The highest BCUT2D eigenvalue weighted by Crippen LogP contribution is 2.41. The van der Waals surface area contributed by atoms with Crippen molar-refractivity contribution < 1.29 is 4.79 Å². The van der Waals surface area contributed by atoms with E-state index in [0.717, 1.165) is 42.9 Å². The van der Waals surface area contributed by atoms with Gasteiger partial charge in [0.15, 0.2) is 0 Å². The average Bonchev–Trinajstić information content (AvgIpc) is 3.21. The molecule has 0 amide bonds. The molecule has 3 aromatic rings. The van der Waals surface area contributed by atoms with Crippen molar-refractivity contribution in [1.29, 1.82) is 0 Å². The fraction of sp³-hybridized carbons (Fsp3) is 0.455. The van der Waals surface area contributed by atoms with Crippen LogP contribution in [0.4, 0.5) is 0 Å². The second-order valence-corrected chi connectivity index (χ2v) is 9.94. The fourth-order valence-corrected chi connectivity index (χ4v) is 6.20. The molecule has 0 spiro atoms. The zero-order chi connectivity index (χ0) is 18.8. The number of thiazole rings is 1. The molecule has 3 heterocycles. The number of aromatic nitrogens is 1. The summed E-state index contributed by atoms with van der Waals surface area (Å²) in [6.07, 6.45) is 4.40. The van der Waals surface area contributed by atoms with E-state index < -0.39 is 0 Å². The summed E-state index contributed by atoms with van der Waals surface area (Å²) in [6.45, 7) is 6.36. The number of ketones is 1. The molecule has 1 aliphatic rings. The maximum Gasteiger partial charge on any atom is 0.138 e. The van der Waals surface area contributed by atoms with Gasteiger partial charge in [-0.3, -0.25) is 4.79 Å². The predicted molar refractivity (Wildman–Crippen MR) is 116 cm³/mol. The van der Waals surface area contributed by atoms with Crippen molar-refractivity contribution >= 4 is 38.7 Å². The summed E-state index contributed by atoms with van der Waals surface area (Å²) < 4.78 is 1.22. The van der Waals surface area contributed by atoms with Gasteiger partial charge < -0.3 is 5.32 Å². The molecule has 0 atom stereocenters. The Morgan fingerprint density at radius 3 is 2.93 bits per heavy atom. The molecule has 142 valence electrons. The standard InChI is InChI=1S/C22H26N2OS2/c1-14(2)6-5-7-15(25)12-19-21(16-10-11-23-13-20(16)26-19)22-24-17-8-3-4-9-18(17)27-22/h3-4,8-9,14,23H,5-7,10-13H2,1-2H3. The number of hydrogen-bond acceptors (Lipinski definition) is 5. The van der Waals surface area contributed by atoms with Gasteiger partial charge in [0.2, 0.25) is 0 Å². The first-order valence-corrected chi connectivity index (χ1v) is 11.5. The first-order valence-electron chi connectivity index (χ1n) is 9.83. The number of para-hydroxylation sites is 1. The smallest absolute Gasteiger partial charge is 0.138 e. The minimum Gasteiger partial charge on any atom is -0.312 e.